The molecule has 4 atom stereocenters. The molecule has 2 bridgehead atoms. The van der Waals surface area contributed by atoms with Crippen molar-refractivity contribution in [1.29, 1.82) is 0 Å². The zero-order valence-electron chi connectivity index (χ0n) is 19.3. The molecule has 5 heteroatoms. The number of hydrogen-bond donors (Lipinski definition) is 2. The molecule has 0 aromatic carbocycles. The monoisotopic (exact) mass is 406 g/mol. The lowest BCUT2D eigenvalue weighted by Gasteiger charge is -2.31. The van der Waals surface area contributed by atoms with Gasteiger partial charge in [0.1, 0.15) is 6.61 Å². The van der Waals surface area contributed by atoms with Crippen LogP contribution in [-0.2, 0) is 14.3 Å². The summed E-state index contributed by atoms with van der Waals surface area (Å²) in [5.41, 5.74) is -0.463. The van der Waals surface area contributed by atoms with E-state index in [4.69, 9.17) is 4.74 Å². The maximum absolute atomic E-state index is 12.7. The van der Waals surface area contributed by atoms with Crippen molar-refractivity contribution in [2.24, 2.45) is 23.2 Å². The highest BCUT2D eigenvalue weighted by molar-refractivity contribution is 5.88. The van der Waals surface area contributed by atoms with Crippen LogP contribution in [0.15, 0.2) is 12.2 Å². The van der Waals surface area contributed by atoms with Crippen molar-refractivity contribution < 1.29 is 14.3 Å². The zero-order chi connectivity index (χ0) is 21.7. The average molecular weight is 407 g/mol. The number of amides is 1. The van der Waals surface area contributed by atoms with Crippen molar-refractivity contribution in [2.45, 2.75) is 85.2 Å². The summed E-state index contributed by atoms with van der Waals surface area (Å²) < 4.78 is 5.65. The Morgan fingerprint density at radius 2 is 1.79 bits per heavy atom. The number of ether oxygens (including phenoxy) is 1. The van der Waals surface area contributed by atoms with Crippen molar-refractivity contribution in [3.8, 4) is 0 Å². The van der Waals surface area contributed by atoms with E-state index < -0.39 is 0 Å². The van der Waals surface area contributed by atoms with Gasteiger partial charge in [0, 0.05) is 17.5 Å². The van der Waals surface area contributed by atoms with E-state index in [-0.39, 0.29) is 35.3 Å². The molecule has 0 aliphatic heterocycles. The fraction of sp³-hybridized carbons (Fsp3) is 0.833. The number of hydrogen-bond acceptors (Lipinski definition) is 4. The summed E-state index contributed by atoms with van der Waals surface area (Å²) in [5.74, 6) is 2.20. The Labute approximate surface area is 177 Å². The van der Waals surface area contributed by atoms with Gasteiger partial charge in [-0.3, -0.25) is 9.59 Å². The number of ketones is 1. The highest BCUT2D eigenvalue weighted by Gasteiger charge is 2.35. The van der Waals surface area contributed by atoms with Gasteiger partial charge < -0.3 is 15.4 Å². The molecule has 1 fully saturated rings. The highest BCUT2D eigenvalue weighted by atomic mass is 16.5. The van der Waals surface area contributed by atoms with Crippen LogP contribution in [0.25, 0.3) is 0 Å². The van der Waals surface area contributed by atoms with Crippen molar-refractivity contribution in [3.05, 3.63) is 12.2 Å². The van der Waals surface area contributed by atoms with Crippen LogP contribution < -0.4 is 10.6 Å². The molecule has 29 heavy (non-hydrogen) atoms. The number of carbonyl (C=O) groups is 2. The van der Waals surface area contributed by atoms with Crippen LogP contribution >= 0.6 is 0 Å². The lowest BCUT2D eigenvalue weighted by molar-refractivity contribution is -0.129. The Morgan fingerprint density at radius 3 is 2.34 bits per heavy atom. The van der Waals surface area contributed by atoms with E-state index in [1.54, 1.807) is 0 Å². The van der Waals surface area contributed by atoms with Gasteiger partial charge in [-0.05, 0) is 70.6 Å². The van der Waals surface area contributed by atoms with Crippen molar-refractivity contribution in [3.63, 3.8) is 0 Å². The molecule has 2 aliphatic carbocycles. The number of Topliss-reactive ketones (excluding diaryl/α,β-unsaturated/α-hetero) is 1. The number of unbranched alkanes of at least 4 members (excludes halogenated alkanes) is 1. The molecule has 2 rings (SSSR count). The van der Waals surface area contributed by atoms with E-state index in [9.17, 15) is 9.59 Å². The molecule has 0 radical (unpaired) electrons. The quantitative estimate of drug-likeness (QED) is 0.404. The van der Waals surface area contributed by atoms with Crippen molar-refractivity contribution in [2.75, 3.05) is 19.8 Å². The topological polar surface area (TPSA) is 67.4 Å². The van der Waals surface area contributed by atoms with E-state index in [1.165, 1.54) is 12.8 Å². The molecular weight excluding hydrogens is 364 g/mol. The largest absolute Gasteiger partial charge is 0.371 e. The first-order chi connectivity index (χ1) is 13.5. The Hall–Kier alpha value is -1.20. The summed E-state index contributed by atoms with van der Waals surface area (Å²) in [5, 5.41) is 6.41. The molecule has 0 aromatic rings. The number of nitrogens with one attached hydrogen (secondary N) is 2. The SMILES string of the molecule is CC(C)(C)NC(CCCCNC(=O)COCC1CC2C=CC1C2)C(=O)C(C)(C)C. The molecule has 0 aromatic heterocycles. The second kappa shape index (κ2) is 10.2. The van der Waals surface area contributed by atoms with Crippen molar-refractivity contribution in [1.82, 2.24) is 10.6 Å². The molecule has 1 saturated carbocycles. The Morgan fingerprint density at radius 1 is 1.07 bits per heavy atom. The molecule has 0 heterocycles. The van der Waals surface area contributed by atoms with Crippen LogP contribution in [0.2, 0.25) is 0 Å². The molecule has 2 N–H and O–H groups in total. The average Bonchev–Trinajstić information content (AvgIpc) is 3.21. The van der Waals surface area contributed by atoms with Crippen LogP contribution in [0.3, 0.4) is 0 Å². The zero-order valence-corrected chi connectivity index (χ0v) is 19.3. The first-order valence-electron chi connectivity index (χ1n) is 11.3. The van der Waals surface area contributed by atoms with E-state index in [0.29, 0.717) is 25.0 Å². The van der Waals surface area contributed by atoms with E-state index in [2.05, 4.69) is 43.6 Å². The molecule has 0 saturated heterocycles. The van der Waals surface area contributed by atoms with Gasteiger partial charge in [-0.15, -0.1) is 0 Å². The second-order valence-electron chi connectivity index (χ2n) is 11.0. The molecule has 5 nitrogen and oxygen atoms in total. The lowest BCUT2D eigenvalue weighted by atomic mass is 9.84. The molecule has 0 spiro atoms. The number of fused-ring (bicyclic) bond motifs is 2. The van der Waals surface area contributed by atoms with Crippen molar-refractivity contribution >= 4 is 11.7 Å². The summed E-state index contributed by atoms with van der Waals surface area (Å²) in [4.78, 5) is 24.7. The summed E-state index contributed by atoms with van der Waals surface area (Å²) in [6.45, 7) is 13.6. The van der Waals surface area contributed by atoms with Gasteiger partial charge in [0.25, 0.3) is 0 Å². The molecule has 4 unspecified atom stereocenters. The number of rotatable bonds is 11. The van der Waals surface area contributed by atoms with E-state index >= 15 is 0 Å². The Kier molecular flexibility index (Phi) is 8.48. The van der Waals surface area contributed by atoms with Gasteiger partial charge in [0.05, 0.1) is 12.6 Å². The minimum absolute atomic E-state index is 0.0427. The Bertz CT molecular complexity index is 586. The van der Waals surface area contributed by atoms with Gasteiger partial charge >= 0.3 is 0 Å². The first kappa shape index (κ1) is 24.1. The predicted molar refractivity (Wildman–Crippen MR) is 118 cm³/mol. The summed E-state index contributed by atoms with van der Waals surface area (Å²) in [6, 6.07) is -0.148. The lowest BCUT2D eigenvalue weighted by Crippen LogP contribution is -2.50. The van der Waals surface area contributed by atoms with Gasteiger partial charge in [0.15, 0.2) is 5.78 Å². The number of carbonyl (C=O) groups excluding carboxylic acids is 2. The minimum Gasteiger partial charge on any atom is -0.371 e. The first-order valence-corrected chi connectivity index (χ1v) is 11.3. The van der Waals surface area contributed by atoms with Gasteiger partial charge in [0.2, 0.25) is 5.91 Å². The molecule has 1 amide bonds. The molecule has 2 aliphatic rings. The third kappa shape index (κ3) is 8.21. The smallest absolute Gasteiger partial charge is 0.245 e. The van der Waals surface area contributed by atoms with Gasteiger partial charge in [-0.1, -0.05) is 32.9 Å². The third-order valence-electron chi connectivity index (χ3n) is 5.89. The van der Waals surface area contributed by atoms with Gasteiger partial charge in [-0.2, -0.15) is 0 Å². The standard InChI is InChI=1S/C24H42N2O3/c1-23(2,3)22(28)20(26-24(4,5)6)9-7-8-12-25-21(27)16-29-15-19-14-17-10-11-18(19)13-17/h10-11,17-20,26H,7-9,12-16H2,1-6H3,(H,25,27). The fourth-order valence-electron chi connectivity index (χ4n) is 4.46. The summed E-state index contributed by atoms with van der Waals surface area (Å²) in [6.07, 6.45) is 9.66. The maximum Gasteiger partial charge on any atom is 0.245 e. The van der Waals surface area contributed by atoms with Gasteiger partial charge in [-0.25, -0.2) is 0 Å². The normalized spacial score (nSPS) is 24.7. The molecule has 166 valence electrons. The number of allylic oxidation sites excluding steroid dienone is 2. The van der Waals surface area contributed by atoms with E-state index in [1.807, 2.05) is 20.8 Å². The van der Waals surface area contributed by atoms with Crippen LogP contribution in [0, 0.1) is 23.2 Å². The highest BCUT2D eigenvalue weighted by Crippen LogP contribution is 2.43. The second-order valence-corrected chi connectivity index (χ2v) is 11.0. The predicted octanol–water partition coefficient (Wildman–Crippen LogP) is 3.87. The maximum atomic E-state index is 12.7. The minimum atomic E-state index is -0.358. The third-order valence-corrected chi connectivity index (χ3v) is 5.89. The summed E-state index contributed by atoms with van der Waals surface area (Å²) in [7, 11) is 0. The Balaban J connectivity index is 1.59. The fourth-order valence-corrected chi connectivity index (χ4v) is 4.46. The van der Waals surface area contributed by atoms with Crippen LogP contribution in [0.5, 0.6) is 0 Å². The van der Waals surface area contributed by atoms with Crippen LogP contribution in [0.4, 0.5) is 0 Å². The van der Waals surface area contributed by atoms with Crippen LogP contribution in [0.1, 0.15) is 73.6 Å². The van der Waals surface area contributed by atoms with Crippen LogP contribution in [-0.4, -0.2) is 43.0 Å². The van der Waals surface area contributed by atoms with E-state index in [0.717, 1.165) is 25.2 Å². The summed E-state index contributed by atoms with van der Waals surface area (Å²) >= 11 is 0. The molecular formula is C24H42N2O3.